The molecule has 0 atom stereocenters. The maximum atomic E-state index is 11.5. The zero-order valence-electron chi connectivity index (χ0n) is 9.57. The molecule has 1 aromatic rings. The number of nitrogens with one attached hydrogen (secondary N) is 2. The van der Waals surface area contributed by atoms with Crippen LogP contribution in [0.1, 0.15) is 30.4 Å². The van der Waals surface area contributed by atoms with Crippen LogP contribution in [-0.2, 0) is 6.54 Å². The van der Waals surface area contributed by atoms with Gasteiger partial charge in [0.2, 0.25) is 0 Å². The van der Waals surface area contributed by atoms with Crippen molar-refractivity contribution < 1.29 is 4.79 Å². The van der Waals surface area contributed by atoms with Crippen molar-refractivity contribution in [1.82, 2.24) is 10.6 Å². The lowest BCUT2D eigenvalue weighted by Gasteiger charge is -2.26. The van der Waals surface area contributed by atoms with Gasteiger partial charge in [0.1, 0.15) is 0 Å². The molecule has 1 saturated carbocycles. The quantitative estimate of drug-likeness (QED) is 0.831. The standard InChI is InChI=1S/C13H15N3O/c14-8-10-3-1-4-11(7-10)9-15-13(17)16-12-5-2-6-12/h1,3-4,7,12H,2,5-6,9H2,(H2,15,16,17). The van der Waals surface area contributed by atoms with Crippen LogP contribution in [0.3, 0.4) is 0 Å². The number of hydrogen-bond acceptors (Lipinski definition) is 2. The van der Waals surface area contributed by atoms with Gasteiger partial charge < -0.3 is 10.6 Å². The van der Waals surface area contributed by atoms with Crippen LogP contribution in [0.2, 0.25) is 0 Å². The first-order valence-electron chi connectivity index (χ1n) is 5.81. The Bertz CT molecular complexity index is 446. The number of carbonyl (C=O) groups is 1. The lowest BCUT2D eigenvalue weighted by atomic mass is 9.93. The molecular formula is C13H15N3O. The van der Waals surface area contributed by atoms with Crippen LogP contribution in [0.15, 0.2) is 24.3 Å². The van der Waals surface area contributed by atoms with Gasteiger partial charge in [0.15, 0.2) is 0 Å². The molecule has 1 aromatic carbocycles. The number of nitrogens with zero attached hydrogens (tertiary/aromatic N) is 1. The maximum Gasteiger partial charge on any atom is 0.315 e. The molecule has 0 aliphatic heterocycles. The number of hydrogen-bond donors (Lipinski definition) is 2. The summed E-state index contributed by atoms with van der Waals surface area (Å²) in [6.45, 7) is 0.452. The molecule has 0 bridgehead atoms. The predicted octanol–water partition coefficient (Wildman–Crippen LogP) is 1.91. The lowest BCUT2D eigenvalue weighted by Crippen LogP contribution is -2.44. The van der Waals surface area contributed by atoms with E-state index in [2.05, 4.69) is 16.7 Å². The van der Waals surface area contributed by atoms with Gasteiger partial charge in [-0.2, -0.15) is 5.26 Å². The summed E-state index contributed by atoms with van der Waals surface area (Å²) in [7, 11) is 0. The highest BCUT2D eigenvalue weighted by molar-refractivity contribution is 5.74. The topological polar surface area (TPSA) is 64.9 Å². The molecule has 1 fully saturated rings. The fraction of sp³-hybridized carbons (Fsp3) is 0.385. The largest absolute Gasteiger partial charge is 0.335 e. The van der Waals surface area contributed by atoms with Crippen LogP contribution in [0, 0.1) is 11.3 Å². The number of benzene rings is 1. The second-order valence-corrected chi connectivity index (χ2v) is 4.27. The minimum Gasteiger partial charge on any atom is -0.335 e. The summed E-state index contributed by atoms with van der Waals surface area (Å²) >= 11 is 0. The molecule has 4 heteroatoms. The molecule has 1 aliphatic rings. The maximum absolute atomic E-state index is 11.5. The highest BCUT2D eigenvalue weighted by Crippen LogP contribution is 2.17. The Morgan fingerprint density at radius 2 is 2.29 bits per heavy atom. The van der Waals surface area contributed by atoms with Gasteiger partial charge in [-0.1, -0.05) is 12.1 Å². The van der Waals surface area contributed by atoms with Crippen molar-refractivity contribution in [3.05, 3.63) is 35.4 Å². The molecule has 0 saturated heterocycles. The normalized spacial score (nSPS) is 14.5. The van der Waals surface area contributed by atoms with E-state index in [4.69, 9.17) is 5.26 Å². The zero-order chi connectivity index (χ0) is 12.1. The fourth-order valence-corrected chi connectivity index (χ4v) is 1.72. The van der Waals surface area contributed by atoms with E-state index in [1.165, 1.54) is 6.42 Å². The van der Waals surface area contributed by atoms with Crippen molar-refractivity contribution in [2.45, 2.75) is 31.8 Å². The summed E-state index contributed by atoms with van der Waals surface area (Å²) < 4.78 is 0. The van der Waals surface area contributed by atoms with Crippen molar-refractivity contribution in [1.29, 1.82) is 5.26 Å². The van der Waals surface area contributed by atoms with Crippen molar-refractivity contribution in [3.8, 4) is 6.07 Å². The molecule has 4 nitrogen and oxygen atoms in total. The predicted molar refractivity (Wildman–Crippen MR) is 64.2 cm³/mol. The van der Waals surface area contributed by atoms with Crippen molar-refractivity contribution in [2.75, 3.05) is 0 Å². The van der Waals surface area contributed by atoms with Crippen LogP contribution in [0.4, 0.5) is 4.79 Å². The highest BCUT2D eigenvalue weighted by Gasteiger charge is 2.18. The highest BCUT2D eigenvalue weighted by atomic mass is 16.2. The second kappa shape index (κ2) is 5.35. The average molecular weight is 229 g/mol. The Labute approximate surface area is 101 Å². The van der Waals surface area contributed by atoms with Gasteiger partial charge in [-0.15, -0.1) is 0 Å². The molecule has 0 aromatic heterocycles. The van der Waals surface area contributed by atoms with Gasteiger partial charge in [-0.25, -0.2) is 4.79 Å². The minimum absolute atomic E-state index is 0.128. The van der Waals surface area contributed by atoms with Crippen LogP contribution < -0.4 is 10.6 Å². The lowest BCUT2D eigenvalue weighted by molar-refractivity contribution is 0.228. The van der Waals surface area contributed by atoms with Gasteiger partial charge in [0.05, 0.1) is 11.6 Å². The fourth-order valence-electron chi connectivity index (χ4n) is 1.72. The summed E-state index contributed by atoms with van der Waals surface area (Å²) in [4.78, 5) is 11.5. The minimum atomic E-state index is -0.128. The van der Waals surface area contributed by atoms with Gasteiger partial charge in [0, 0.05) is 12.6 Å². The number of nitriles is 1. The van der Waals surface area contributed by atoms with E-state index in [0.29, 0.717) is 18.2 Å². The van der Waals surface area contributed by atoms with E-state index in [9.17, 15) is 4.79 Å². The van der Waals surface area contributed by atoms with Crippen LogP contribution in [-0.4, -0.2) is 12.1 Å². The molecule has 17 heavy (non-hydrogen) atoms. The summed E-state index contributed by atoms with van der Waals surface area (Å²) in [6.07, 6.45) is 3.36. The molecule has 88 valence electrons. The second-order valence-electron chi connectivity index (χ2n) is 4.27. The van der Waals surface area contributed by atoms with E-state index >= 15 is 0 Å². The van der Waals surface area contributed by atoms with Crippen LogP contribution >= 0.6 is 0 Å². The summed E-state index contributed by atoms with van der Waals surface area (Å²) in [5.74, 6) is 0. The molecule has 1 aliphatic carbocycles. The molecule has 2 rings (SSSR count). The van der Waals surface area contributed by atoms with Crippen LogP contribution in [0.25, 0.3) is 0 Å². The smallest absolute Gasteiger partial charge is 0.315 e. The van der Waals surface area contributed by atoms with Gasteiger partial charge in [-0.05, 0) is 37.0 Å². The molecule has 0 heterocycles. The third-order valence-corrected chi connectivity index (χ3v) is 2.95. The first kappa shape index (κ1) is 11.5. The SMILES string of the molecule is N#Cc1cccc(CNC(=O)NC2CCC2)c1. The average Bonchev–Trinajstić information content (AvgIpc) is 2.31. The van der Waals surface area contributed by atoms with Gasteiger partial charge in [0.25, 0.3) is 0 Å². The Kier molecular flexibility index (Phi) is 3.61. The first-order valence-corrected chi connectivity index (χ1v) is 5.81. The van der Waals surface area contributed by atoms with Crippen molar-refractivity contribution in [2.24, 2.45) is 0 Å². The Morgan fingerprint density at radius 1 is 1.47 bits per heavy atom. The van der Waals surface area contributed by atoms with Crippen molar-refractivity contribution >= 4 is 6.03 Å². The third kappa shape index (κ3) is 3.22. The Hall–Kier alpha value is -2.02. The molecule has 0 spiro atoms. The van der Waals surface area contributed by atoms with Gasteiger partial charge in [-0.3, -0.25) is 0 Å². The monoisotopic (exact) mass is 229 g/mol. The Balaban J connectivity index is 1.80. The number of amides is 2. The van der Waals surface area contributed by atoms with E-state index in [1.807, 2.05) is 12.1 Å². The van der Waals surface area contributed by atoms with E-state index in [0.717, 1.165) is 18.4 Å². The zero-order valence-corrected chi connectivity index (χ0v) is 9.57. The summed E-state index contributed by atoms with van der Waals surface area (Å²) in [6, 6.07) is 9.54. The van der Waals surface area contributed by atoms with Crippen LogP contribution in [0.5, 0.6) is 0 Å². The van der Waals surface area contributed by atoms with Gasteiger partial charge >= 0.3 is 6.03 Å². The number of urea groups is 1. The summed E-state index contributed by atoms with van der Waals surface area (Å²) in [5, 5.41) is 14.4. The first-order chi connectivity index (χ1) is 8.28. The third-order valence-electron chi connectivity index (χ3n) is 2.95. The molecule has 2 N–H and O–H groups in total. The molecular weight excluding hydrogens is 214 g/mol. The Morgan fingerprint density at radius 3 is 2.94 bits per heavy atom. The molecule has 2 amide bonds. The van der Waals surface area contributed by atoms with E-state index in [1.54, 1.807) is 12.1 Å². The van der Waals surface area contributed by atoms with Crippen molar-refractivity contribution in [3.63, 3.8) is 0 Å². The number of carbonyl (C=O) groups excluding carboxylic acids is 1. The summed E-state index contributed by atoms with van der Waals surface area (Å²) in [5.41, 5.74) is 1.55. The van der Waals surface area contributed by atoms with E-state index < -0.39 is 0 Å². The molecule has 0 radical (unpaired) electrons. The van der Waals surface area contributed by atoms with E-state index in [-0.39, 0.29) is 6.03 Å². The number of rotatable bonds is 3. The molecule has 0 unspecified atom stereocenters.